The van der Waals surface area contributed by atoms with Crippen LogP contribution in [0.3, 0.4) is 0 Å². The van der Waals surface area contributed by atoms with Gasteiger partial charge in [-0.2, -0.15) is 0 Å². The first-order chi connectivity index (χ1) is 16.0. The molecule has 1 atom stereocenters. The van der Waals surface area contributed by atoms with Gasteiger partial charge in [-0.1, -0.05) is 54.6 Å². The Kier molecular flexibility index (Phi) is 5.77. The minimum atomic E-state index is -3.40. The Balaban J connectivity index is 1.61. The Morgan fingerprint density at radius 3 is 1.82 bits per heavy atom. The number of rotatable bonds is 4. The van der Waals surface area contributed by atoms with E-state index in [2.05, 4.69) is 6.58 Å². The number of hydrogen-bond donors (Lipinski definition) is 0. The Morgan fingerprint density at radius 2 is 1.30 bits per heavy atom. The van der Waals surface area contributed by atoms with Crippen molar-refractivity contribution < 1.29 is 9.36 Å². The van der Waals surface area contributed by atoms with Gasteiger partial charge >= 0.3 is 0 Å². The maximum atomic E-state index is 15.2. The summed E-state index contributed by atoms with van der Waals surface area (Å²) in [6.45, 7) is 5.42. The van der Waals surface area contributed by atoms with E-state index in [1.807, 2.05) is 70.0 Å². The lowest BCUT2D eigenvalue weighted by molar-refractivity contribution is -0.116. The lowest BCUT2D eigenvalue weighted by Crippen LogP contribution is -2.45. The zero-order chi connectivity index (χ0) is 23.0. The van der Waals surface area contributed by atoms with E-state index in [0.29, 0.717) is 35.9 Å². The molecule has 2 heterocycles. The Bertz CT molecular complexity index is 1170. The first-order valence-corrected chi connectivity index (χ1v) is 13.1. The molecule has 7 heteroatoms. The maximum absolute atomic E-state index is 15.2. The van der Waals surface area contributed by atoms with Gasteiger partial charge in [-0.25, -0.2) is 0 Å². The van der Waals surface area contributed by atoms with Crippen molar-refractivity contribution in [2.45, 2.75) is 18.5 Å². The van der Waals surface area contributed by atoms with Crippen molar-refractivity contribution >= 4 is 42.0 Å². The Hall–Kier alpha value is -3.01. The van der Waals surface area contributed by atoms with E-state index in [1.165, 1.54) is 0 Å². The van der Waals surface area contributed by atoms with E-state index in [4.69, 9.17) is 11.6 Å². The van der Waals surface area contributed by atoms with Gasteiger partial charge in [0.1, 0.15) is 5.66 Å². The molecule has 0 N–H and O–H groups in total. The van der Waals surface area contributed by atoms with Gasteiger partial charge in [0.05, 0.1) is 0 Å². The lowest BCUT2D eigenvalue weighted by atomic mass is 10.3. The average Bonchev–Trinajstić information content (AvgIpc) is 3.15. The smallest absolute Gasteiger partial charge is 0.275 e. The molecule has 0 bridgehead atoms. The number of benzene rings is 3. The lowest BCUT2D eigenvalue weighted by Gasteiger charge is -2.47. The van der Waals surface area contributed by atoms with Crippen LogP contribution in [-0.4, -0.2) is 24.7 Å². The Labute approximate surface area is 199 Å². The van der Waals surface area contributed by atoms with Gasteiger partial charge in [-0.05, 0) is 55.0 Å². The molecular weight excluding hydrogens is 453 g/mol. The summed E-state index contributed by atoms with van der Waals surface area (Å²) < 4.78 is 19.2. The summed E-state index contributed by atoms with van der Waals surface area (Å²) in [5.74, 6) is -0.186. The summed E-state index contributed by atoms with van der Waals surface area (Å²) >= 11 is 6.05. The topological polar surface area (TPSA) is 43.9 Å². The van der Waals surface area contributed by atoms with Crippen LogP contribution in [0.15, 0.2) is 97.2 Å². The largest absolute Gasteiger partial charge is 0.306 e. The van der Waals surface area contributed by atoms with Crippen LogP contribution in [0.1, 0.15) is 12.8 Å². The van der Waals surface area contributed by atoms with Gasteiger partial charge in [-0.15, -0.1) is 0 Å². The molecule has 2 aliphatic heterocycles. The number of anilines is 3. The van der Waals surface area contributed by atoms with Crippen LogP contribution < -0.4 is 14.2 Å². The summed E-state index contributed by atoms with van der Waals surface area (Å²) in [5, 5.41) is 0.595. The fourth-order valence-corrected chi connectivity index (χ4v) is 8.48. The predicted molar refractivity (Wildman–Crippen MR) is 136 cm³/mol. The number of carbonyl (C=O) groups is 1. The highest BCUT2D eigenvalue weighted by molar-refractivity contribution is 7.69. The second-order valence-corrected chi connectivity index (χ2v) is 11.5. The van der Waals surface area contributed by atoms with Gasteiger partial charge < -0.3 is 9.34 Å². The molecule has 2 fully saturated rings. The van der Waals surface area contributed by atoms with Crippen LogP contribution in [0, 0.1) is 0 Å². The normalized spacial score (nSPS) is 20.4. The number of hydrogen-bond acceptors (Lipinski definition) is 2. The van der Waals surface area contributed by atoms with Crippen LogP contribution in [0.2, 0.25) is 5.02 Å². The summed E-state index contributed by atoms with van der Waals surface area (Å²) in [6, 6.07) is 26.6. The number of amides is 1. The van der Waals surface area contributed by atoms with Crippen molar-refractivity contribution in [3.05, 3.63) is 102 Å². The predicted octanol–water partition coefficient (Wildman–Crippen LogP) is 6.57. The molecule has 3 aromatic rings. The molecule has 33 heavy (non-hydrogen) atoms. The molecule has 2 aliphatic rings. The highest BCUT2D eigenvalue weighted by atomic mass is 35.5. The number of nitrogens with zero attached hydrogens (tertiary/aromatic N) is 3. The third-order valence-electron chi connectivity index (χ3n) is 6.28. The number of halogens is 1. The molecule has 0 aliphatic carbocycles. The maximum Gasteiger partial charge on any atom is 0.275 e. The first-order valence-electron chi connectivity index (χ1n) is 11.0. The van der Waals surface area contributed by atoms with Crippen molar-refractivity contribution in [3.8, 4) is 0 Å². The van der Waals surface area contributed by atoms with Crippen molar-refractivity contribution in [1.29, 1.82) is 0 Å². The summed E-state index contributed by atoms with van der Waals surface area (Å²) in [4.78, 5) is 15.5. The SMILES string of the molecule is C=C1CC(P2(=O)N(c3ccccc3)CCCN2c2ccccc2)C(=O)N1c1ccc(Cl)cc1. The molecule has 1 amide bonds. The molecule has 0 saturated carbocycles. The minimum absolute atomic E-state index is 0.186. The van der Waals surface area contributed by atoms with E-state index in [9.17, 15) is 4.79 Å². The quantitative estimate of drug-likeness (QED) is 0.399. The number of carbonyl (C=O) groups excluding carboxylic acids is 1. The van der Waals surface area contributed by atoms with E-state index < -0.39 is 13.1 Å². The van der Waals surface area contributed by atoms with Crippen molar-refractivity contribution in [2.75, 3.05) is 27.3 Å². The molecule has 2 saturated heterocycles. The van der Waals surface area contributed by atoms with Crippen LogP contribution in [0.4, 0.5) is 17.1 Å². The fraction of sp³-hybridized carbons (Fsp3) is 0.192. The highest BCUT2D eigenvalue weighted by Crippen LogP contribution is 2.65. The Morgan fingerprint density at radius 1 is 0.788 bits per heavy atom. The van der Waals surface area contributed by atoms with Gasteiger partial charge in [0, 0.05) is 47.3 Å². The van der Waals surface area contributed by atoms with E-state index in [1.54, 1.807) is 29.2 Å². The number of para-hydroxylation sites is 2. The summed E-state index contributed by atoms with van der Waals surface area (Å²) in [5.41, 5.74) is 2.35. The molecule has 5 nitrogen and oxygen atoms in total. The first kappa shape index (κ1) is 21.8. The molecule has 3 aromatic carbocycles. The van der Waals surface area contributed by atoms with Crippen LogP contribution in [0.5, 0.6) is 0 Å². The number of allylic oxidation sites excluding steroid dienone is 1. The molecule has 0 aromatic heterocycles. The highest BCUT2D eigenvalue weighted by Gasteiger charge is 2.54. The molecule has 0 spiro atoms. The zero-order valence-corrected chi connectivity index (χ0v) is 19.8. The minimum Gasteiger partial charge on any atom is -0.306 e. The standard InChI is InChI=1S/C26H25ClN3O2P/c1-20-19-25(26(31)30(20)24-15-13-21(27)14-16-24)33(32)28(22-9-4-2-5-10-22)17-8-18-29(33)23-11-6-3-7-12-23/h2-7,9-16,25H,1,8,17-19H2. The van der Waals surface area contributed by atoms with Crippen molar-refractivity contribution in [3.63, 3.8) is 0 Å². The monoisotopic (exact) mass is 477 g/mol. The van der Waals surface area contributed by atoms with E-state index in [-0.39, 0.29) is 5.91 Å². The molecular formula is C26H25ClN3O2P. The zero-order valence-electron chi connectivity index (χ0n) is 18.2. The van der Waals surface area contributed by atoms with Crippen molar-refractivity contribution in [1.82, 2.24) is 0 Å². The molecule has 1 unspecified atom stereocenters. The molecule has 0 radical (unpaired) electrons. The molecule has 5 rings (SSSR count). The van der Waals surface area contributed by atoms with Gasteiger partial charge in [0.25, 0.3) is 7.44 Å². The van der Waals surface area contributed by atoms with Crippen LogP contribution in [-0.2, 0) is 9.36 Å². The van der Waals surface area contributed by atoms with Crippen LogP contribution in [0.25, 0.3) is 0 Å². The van der Waals surface area contributed by atoms with E-state index >= 15 is 4.57 Å². The summed E-state index contributed by atoms with van der Waals surface area (Å²) in [7, 11) is -3.40. The average molecular weight is 478 g/mol. The third kappa shape index (κ3) is 3.76. The van der Waals surface area contributed by atoms with Gasteiger partial charge in [0.2, 0.25) is 5.91 Å². The van der Waals surface area contributed by atoms with Crippen molar-refractivity contribution in [2.24, 2.45) is 0 Å². The van der Waals surface area contributed by atoms with Crippen LogP contribution >= 0.6 is 19.0 Å². The second kappa shape index (κ2) is 8.74. The second-order valence-electron chi connectivity index (χ2n) is 8.30. The fourth-order valence-electron chi connectivity index (χ4n) is 4.78. The van der Waals surface area contributed by atoms with Gasteiger partial charge in [0.15, 0.2) is 0 Å². The summed E-state index contributed by atoms with van der Waals surface area (Å²) in [6.07, 6.45) is 1.18. The molecule has 168 valence electrons. The van der Waals surface area contributed by atoms with E-state index in [0.717, 1.165) is 17.8 Å². The van der Waals surface area contributed by atoms with Gasteiger partial charge in [-0.3, -0.25) is 14.3 Å². The third-order valence-corrected chi connectivity index (χ3v) is 9.99.